The van der Waals surface area contributed by atoms with E-state index in [0.29, 0.717) is 12.0 Å². The lowest BCUT2D eigenvalue weighted by Crippen LogP contribution is -2.47. The van der Waals surface area contributed by atoms with E-state index in [1.54, 1.807) is 0 Å². The van der Waals surface area contributed by atoms with Crippen LogP contribution in [0.25, 0.3) is 0 Å². The van der Waals surface area contributed by atoms with Crippen LogP contribution in [0.5, 0.6) is 0 Å². The Hall–Kier alpha value is -1.51. The van der Waals surface area contributed by atoms with Gasteiger partial charge in [-0.2, -0.15) is 0 Å². The highest BCUT2D eigenvalue weighted by Gasteiger charge is 2.33. The average molecular weight is 261 g/mol. The number of benzene rings is 1. The van der Waals surface area contributed by atoms with Crippen LogP contribution in [0.15, 0.2) is 30.3 Å². The number of carbonyl (C=O) groups excluding carboxylic acids is 1. The molecular formula is C16H23NO2. The van der Waals surface area contributed by atoms with Gasteiger partial charge in [0.15, 0.2) is 0 Å². The molecule has 0 aromatic heterocycles. The third-order valence-electron chi connectivity index (χ3n) is 3.85. The summed E-state index contributed by atoms with van der Waals surface area (Å²) in [5.74, 6) is 0. The Morgan fingerprint density at radius 3 is 2.68 bits per heavy atom. The molecule has 0 bridgehead atoms. The van der Waals surface area contributed by atoms with Crippen molar-refractivity contribution in [2.24, 2.45) is 5.41 Å². The maximum absolute atomic E-state index is 12.1. The second-order valence-electron chi connectivity index (χ2n) is 6.20. The largest absolute Gasteiger partial charge is 0.445 e. The van der Waals surface area contributed by atoms with Crippen molar-refractivity contribution in [3.05, 3.63) is 35.9 Å². The molecule has 1 aromatic rings. The van der Waals surface area contributed by atoms with Gasteiger partial charge in [-0.25, -0.2) is 4.79 Å². The van der Waals surface area contributed by atoms with E-state index >= 15 is 0 Å². The number of piperidine rings is 1. The number of hydrogen-bond acceptors (Lipinski definition) is 2. The molecule has 1 unspecified atom stereocenters. The second-order valence-corrected chi connectivity index (χ2v) is 6.20. The van der Waals surface area contributed by atoms with Gasteiger partial charge in [-0.3, -0.25) is 0 Å². The first-order chi connectivity index (χ1) is 8.98. The van der Waals surface area contributed by atoms with Crippen molar-refractivity contribution in [3.8, 4) is 0 Å². The minimum atomic E-state index is -0.188. The summed E-state index contributed by atoms with van der Waals surface area (Å²) in [5, 5.41) is 0. The SMILES string of the molecule is CC1CC(C)(C)CCN1C(=O)OCc1ccccc1. The summed E-state index contributed by atoms with van der Waals surface area (Å²) >= 11 is 0. The smallest absolute Gasteiger partial charge is 0.410 e. The summed E-state index contributed by atoms with van der Waals surface area (Å²) < 4.78 is 5.39. The Balaban J connectivity index is 1.87. The minimum absolute atomic E-state index is 0.188. The lowest BCUT2D eigenvalue weighted by Gasteiger charge is -2.41. The number of carbonyl (C=O) groups is 1. The molecule has 2 rings (SSSR count). The maximum Gasteiger partial charge on any atom is 0.410 e. The number of hydrogen-bond donors (Lipinski definition) is 0. The van der Waals surface area contributed by atoms with Crippen molar-refractivity contribution >= 4 is 6.09 Å². The molecule has 0 radical (unpaired) electrons. The number of ether oxygens (including phenoxy) is 1. The van der Waals surface area contributed by atoms with Gasteiger partial charge in [-0.1, -0.05) is 44.2 Å². The van der Waals surface area contributed by atoms with Crippen molar-refractivity contribution in [2.75, 3.05) is 6.54 Å². The van der Waals surface area contributed by atoms with Gasteiger partial charge in [0.05, 0.1) is 0 Å². The summed E-state index contributed by atoms with van der Waals surface area (Å²) in [4.78, 5) is 14.0. The van der Waals surface area contributed by atoms with E-state index < -0.39 is 0 Å². The van der Waals surface area contributed by atoms with Crippen molar-refractivity contribution in [3.63, 3.8) is 0 Å². The fraction of sp³-hybridized carbons (Fsp3) is 0.562. The fourth-order valence-electron chi connectivity index (χ4n) is 2.73. The van der Waals surface area contributed by atoms with Gasteiger partial charge in [-0.15, -0.1) is 0 Å². The zero-order chi connectivity index (χ0) is 13.9. The van der Waals surface area contributed by atoms with Crippen LogP contribution in [0.1, 0.15) is 39.2 Å². The van der Waals surface area contributed by atoms with Crippen molar-refractivity contribution in [2.45, 2.75) is 46.3 Å². The molecule has 1 heterocycles. The third-order valence-corrected chi connectivity index (χ3v) is 3.85. The molecule has 0 spiro atoms. The van der Waals surface area contributed by atoms with E-state index in [4.69, 9.17) is 4.74 Å². The molecule has 3 nitrogen and oxygen atoms in total. The summed E-state index contributed by atoms with van der Waals surface area (Å²) in [6.45, 7) is 7.77. The van der Waals surface area contributed by atoms with Gasteiger partial charge in [0, 0.05) is 12.6 Å². The van der Waals surface area contributed by atoms with Crippen molar-refractivity contribution in [1.82, 2.24) is 4.90 Å². The molecule has 1 atom stereocenters. The van der Waals surface area contributed by atoms with E-state index in [9.17, 15) is 4.79 Å². The van der Waals surface area contributed by atoms with Crippen LogP contribution in [-0.2, 0) is 11.3 Å². The predicted octanol–water partition coefficient (Wildman–Crippen LogP) is 3.83. The first-order valence-electron chi connectivity index (χ1n) is 6.95. The monoisotopic (exact) mass is 261 g/mol. The van der Waals surface area contributed by atoms with Crippen LogP contribution < -0.4 is 0 Å². The quantitative estimate of drug-likeness (QED) is 0.809. The zero-order valence-electron chi connectivity index (χ0n) is 12.1. The zero-order valence-corrected chi connectivity index (χ0v) is 12.1. The molecule has 19 heavy (non-hydrogen) atoms. The second kappa shape index (κ2) is 5.64. The first-order valence-corrected chi connectivity index (χ1v) is 6.95. The van der Waals surface area contributed by atoms with Gasteiger partial charge in [0.2, 0.25) is 0 Å². The van der Waals surface area contributed by atoms with Gasteiger partial charge < -0.3 is 9.64 Å². The van der Waals surface area contributed by atoms with Crippen LogP contribution in [0.2, 0.25) is 0 Å². The van der Waals surface area contributed by atoms with Crippen LogP contribution in [-0.4, -0.2) is 23.6 Å². The molecule has 0 saturated carbocycles. The highest BCUT2D eigenvalue weighted by Crippen LogP contribution is 2.33. The van der Waals surface area contributed by atoms with Gasteiger partial charge in [-0.05, 0) is 30.7 Å². The van der Waals surface area contributed by atoms with Gasteiger partial charge in [0.25, 0.3) is 0 Å². The molecule has 1 aliphatic heterocycles. The lowest BCUT2D eigenvalue weighted by molar-refractivity contribution is 0.0455. The lowest BCUT2D eigenvalue weighted by atomic mass is 9.79. The Bertz CT molecular complexity index is 428. The van der Waals surface area contributed by atoms with Crippen molar-refractivity contribution < 1.29 is 9.53 Å². The van der Waals surface area contributed by atoms with E-state index in [-0.39, 0.29) is 12.1 Å². The molecule has 104 valence electrons. The number of rotatable bonds is 2. The number of likely N-dealkylation sites (tertiary alicyclic amines) is 1. The van der Waals surface area contributed by atoms with Crippen LogP contribution in [0.4, 0.5) is 4.79 Å². The van der Waals surface area contributed by atoms with E-state index in [1.807, 2.05) is 35.2 Å². The number of nitrogens with zero attached hydrogens (tertiary/aromatic N) is 1. The van der Waals surface area contributed by atoms with E-state index in [1.165, 1.54) is 0 Å². The normalized spacial score (nSPS) is 22.1. The van der Waals surface area contributed by atoms with Crippen LogP contribution in [0, 0.1) is 5.41 Å². The maximum atomic E-state index is 12.1. The average Bonchev–Trinajstić information content (AvgIpc) is 2.36. The molecule has 1 saturated heterocycles. The molecule has 0 N–H and O–H groups in total. The number of amides is 1. The first kappa shape index (κ1) is 13.9. The topological polar surface area (TPSA) is 29.5 Å². The van der Waals surface area contributed by atoms with E-state index in [2.05, 4.69) is 20.8 Å². The summed E-state index contributed by atoms with van der Waals surface area (Å²) in [5.41, 5.74) is 1.36. The van der Waals surface area contributed by atoms with Crippen LogP contribution in [0.3, 0.4) is 0 Å². The molecule has 1 aliphatic rings. The Morgan fingerprint density at radius 2 is 2.05 bits per heavy atom. The van der Waals surface area contributed by atoms with Gasteiger partial charge in [0.1, 0.15) is 6.61 Å². The molecule has 1 amide bonds. The standard InChI is InChI=1S/C16H23NO2/c1-13-11-16(2,3)9-10-17(13)15(18)19-12-14-7-5-4-6-8-14/h4-8,13H,9-12H2,1-3H3. The van der Waals surface area contributed by atoms with Crippen LogP contribution >= 0.6 is 0 Å². The van der Waals surface area contributed by atoms with Crippen molar-refractivity contribution in [1.29, 1.82) is 0 Å². The summed E-state index contributed by atoms with van der Waals surface area (Å²) in [7, 11) is 0. The van der Waals surface area contributed by atoms with Gasteiger partial charge >= 0.3 is 6.09 Å². The Kier molecular flexibility index (Phi) is 4.13. The Morgan fingerprint density at radius 1 is 1.37 bits per heavy atom. The minimum Gasteiger partial charge on any atom is -0.445 e. The Labute approximate surface area is 115 Å². The highest BCUT2D eigenvalue weighted by molar-refractivity contribution is 5.68. The third kappa shape index (κ3) is 3.72. The predicted molar refractivity (Wildman–Crippen MR) is 75.8 cm³/mol. The van der Waals surface area contributed by atoms with E-state index in [0.717, 1.165) is 24.9 Å². The summed E-state index contributed by atoms with van der Waals surface area (Å²) in [6, 6.07) is 10.1. The molecule has 0 aliphatic carbocycles. The highest BCUT2D eigenvalue weighted by atomic mass is 16.6. The fourth-order valence-corrected chi connectivity index (χ4v) is 2.73. The molecule has 3 heteroatoms. The molecule has 1 aromatic carbocycles. The molecular weight excluding hydrogens is 238 g/mol. The summed E-state index contributed by atoms with van der Waals surface area (Å²) in [6.07, 6.45) is 1.89. The molecule has 1 fully saturated rings.